The Bertz CT molecular complexity index is 209. The maximum Gasteiger partial charge on any atom is 0.315 e. The van der Waals surface area contributed by atoms with E-state index in [1.165, 1.54) is 25.7 Å². The van der Waals surface area contributed by atoms with Crippen molar-refractivity contribution in [3.8, 4) is 0 Å². The Balaban J connectivity index is 2.29. The molecule has 2 atom stereocenters. The first-order valence-electron chi connectivity index (χ1n) is 6.28. The molecule has 0 aromatic carbocycles. The maximum absolute atomic E-state index is 11.3. The first kappa shape index (κ1) is 13.8. The summed E-state index contributed by atoms with van der Waals surface area (Å²) >= 11 is 1.76. The minimum Gasteiger partial charge on any atom is -0.465 e. The number of nitrogens with one attached hydrogen (secondary N) is 1. The fourth-order valence-corrected chi connectivity index (χ4v) is 3.40. The smallest absolute Gasteiger partial charge is 0.315 e. The van der Waals surface area contributed by atoms with Gasteiger partial charge in [0.05, 0.1) is 12.4 Å². The van der Waals surface area contributed by atoms with Crippen LogP contribution in [0.25, 0.3) is 0 Å². The van der Waals surface area contributed by atoms with Gasteiger partial charge in [0.15, 0.2) is 0 Å². The quantitative estimate of drug-likeness (QED) is 0.728. The summed E-state index contributed by atoms with van der Waals surface area (Å²) in [7, 11) is 0. The van der Waals surface area contributed by atoms with Crippen LogP contribution in [0.1, 0.15) is 39.5 Å². The Morgan fingerprint density at radius 3 is 2.81 bits per heavy atom. The lowest BCUT2D eigenvalue weighted by atomic mass is 9.95. The zero-order valence-corrected chi connectivity index (χ0v) is 11.1. The van der Waals surface area contributed by atoms with Crippen molar-refractivity contribution in [1.29, 1.82) is 0 Å². The number of rotatable bonds is 6. The van der Waals surface area contributed by atoms with Crippen molar-refractivity contribution in [3.63, 3.8) is 0 Å². The molecular weight excluding hydrogens is 222 g/mol. The highest BCUT2D eigenvalue weighted by Crippen LogP contribution is 2.28. The average Bonchev–Trinajstić information content (AvgIpc) is 2.29. The Labute approximate surface area is 103 Å². The molecule has 0 radical (unpaired) electrons. The summed E-state index contributed by atoms with van der Waals surface area (Å²) in [6, 6.07) is 0.582. The minimum atomic E-state index is -0.0756. The lowest BCUT2D eigenvalue weighted by Gasteiger charge is -2.31. The SMILES string of the molecule is CCNC1CCCCC1SCC(=O)OCC. The van der Waals surface area contributed by atoms with Gasteiger partial charge in [0.1, 0.15) is 0 Å². The van der Waals surface area contributed by atoms with Gasteiger partial charge in [-0.2, -0.15) is 0 Å². The maximum atomic E-state index is 11.3. The lowest BCUT2D eigenvalue weighted by molar-refractivity contribution is -0.139. The van der Waals surface area contributed by atoms with Crippen molar-refractivity contribution in [2.75, 3.05) is 18.9 Å². The van der Waals surface area contributed by atoms with E-state index in [0.29, 0.717) is 23.7 Å². The number of ether oxygens (including phenoxy) is 1. The third kappa shape index (κ3) is 4.74. The van der Waals surface area contributed by atoms with Crippen LogP contribution in [0, 0.1) is 0 Å². The number of carbonyl (C=O) groups excluding carboxylic acids is 1. The van der Waals surface area contributed by atoms with E-state index in [1.54, 1.807) is 11.8 Å². The van der Waals surface area contributed by atoms with E-state index >= 15 is 0 Å². The Morgan fingerprint density at radius 2 is 2.12 bits per heavy atom. The van der Waals surface area contributed by atoms with Gasteiger partial charge in [-0.3, -0.25) is 4.79 Å². The second-order valence-electron chi connectivity index (χ2n) is 4.10. The Kier molecular flexibility index (Phi) is 6.88. The van der Waals surface area contributed by atoms with Crippen molar-refractivity contribution in [2.45, 2.75) is 50.8 Å². The fourth-order valence-electron chi connectivity index (χ4n) is 2.17. The summed E-state index contributed by atoms with van der Waals surface area (Å²) in [5.41, 5.74) is 0. The summed E-state index contributed by atoms with van der Waals surface area (Å²) in [4.78, 5) is 11.3. The highest BCUT2D eigenvalue weighted by molar-refractivity contribution is 8.00. The van der Waals surface area contributed by atoms with Gasteiger partial charge in [-0.1, -0.05) is 19.8 Å². The van der Waals surface area contributed by atoms with Crippen LogP contribution in [0.5, 0.6) is 0 Å². The second-order valence-corrected chi connectivity index (χ2v) is 5.33. The molecular formula is C12H23NO2S. The normalized spacial score (nSPS) is 25.4. The Hall–Kier alpha value is -0.220. The van der Waals surface area contributed by atoms with Gasteiger partial charge >= 0.3 is 5.97 Å². The number of hydrogen-bond donors (Lipinski definition) is 1. The number of carbonyl (C=O) groups is 1. The Morgan fingerprint density at radius 1 is 1.38 bits per heavy atom. The molecule has 0 bridgehead atoms. The molecule has 1 aliphatic carbocycles. The molecule has 1 saturated carbocycles. The van der Waals surface area contributed by atoms with Crippen LogP contribution in [0.3, 0.4) is 0 Å². The van der Waals surface area contributed by atoms with E-state index in [-0.39, 0.29) is 5.97 Å². The zero-order chi connectivity index (χ0) is 11.8. The molecule has 0 saturated heterocycles. The summed E-state index contributed by atoms with van der Waals surface area (Å²) < 4.78 is 4.95. The van der Waals surface area contributed by atoms with Crippen molar-refractivity contribution in [1.82, 2.24) is 5.32 Å². The van der Waals surface area contributed by atoms with E-state index in [9.17, 15) is 4.79 Å². The van der Waals surface area contributed by atoms with Crippen LogP contribution in [0.15, 0.2) is 0 Å². The highest BCUT2D eigenvalue weighted by Gasteiger charge is 2.25. The van der Waals surface area contributed by atoms with Crippen LogP contribution >= 0.6 is 11.8 Å². The molecule has 4 heteroatoms. The molecule has 1 rings (SSSR count). The van der Waals surface area contributed by atoms with Crippen LogP contribution in [-0.2, 0) is 9.53 Å². The largest absolute Gasteiger partial charge is 0.465 e. The minimum absolute atomic E-state index is 0.0756. The molecule has 3 nitrogen and oxygen atoms in total. The summed E-state index contributed by atoms with van der Waals surface area (Å²) in [5, 5.41) is 4.10. The van der Waals surface area contributed by atoms with Gasteiger partial charge < -0.3 is 10.1 Å². The molecule has 1 N–H and O–H groups in total. The zero-order valence-electron chi connectivity index (χ0n) is 10.3. The van der Waals surface area contributed by atoms with Crippen molar-refractivity contribution in [3.05, 3.63) is 0 Å². The van der Waals surface area contributed by atoms with Crippen LogP contribution < -0.4 is 5.32 Å². The monoisotopic (exact) mass is 245 g/mol. The van der Waals surface area contributed by atoms with Crippen LogP contribution in [0.2, 0.25) is 0 Å². The van der Waals surface area contributed by atoms with Gasteiger partial charge in [-0.05, 0) is 26.3 Å². The fraction of sp³-hybridized carbons (Fsp3) is 0.917. The molecule has 0 aliphatic heterocycles. The second kappa shape index (κ2) is 7.96. The molecule has 0 amide bonds. The topological polar surface area (TPSA) is 38.3 Å². The average molecular weight is 245 g/mol. The van der Waals surface area contributed by atoms with E-state index in [4.69, 9.17) is 4.74 Å². The van der Waals surface area contributed by atoms with Gasteiger partial charge in [0.2, 0.25) is 0 Å². The van der Waals surface area contributed by atoms with Crippen molar-refractivity contribution in [2.24, 2.45) is 0 Å². The number of hydrogen-bond acceptors (Lipinski definition) is 4. The van der Waals surface area contributed by atoms with Crippen LogP contribution in [-0.4, -0.2) is 36.2 Å². The van der Waals surface area contributed by atoms with Gasteiger partial charge in [0, 0.05) is 11.3 Å². The molecule has 1 aliphatic rings. The summed E-state index contributed by atoms with van der Waals surface area (Å²) in [6.07, 6.45) is 5.08. The molecule has 0 spiro atoms. The predicted molar refractivity (Wildman–Crippen MR) is 68.8 cm³/mol. The number of esters is 1. The molecule has 1 fully saturated rings. The van der Waals surface area contributed by atoms with E-state index < -0.39 is 0 Å². The lowest BCUT2D eigenvalue weighted by Crippen LogP contribution is -2.40. The van der Waals surface area contributed by atoms with E-state index in [0.717, 1.165) is 6.54 Å². The molecule has 16 heavy (non-hydrogen) atoms. The van der Waals surface area contributed by atoms with Crippen LogP contribution in [0.4, 0.5) is 0 Å². The third-order valence-corrected chi connectivity index (χ3v) is 4.28. The molecule has 94 valence electrons. The first-order chi connectivity index (χ1) is 7.77. The van der Waals surface area contributed by atoms with E-state index in [1.807, 2.05) is 6.92 Å². The molecule has 0 aromatic heterocycles. The highest BCUT2D eigenvalue weighted by atomic mass is 32.2. The van der Waals surface area contributed by atoms with Gasteiger partial charge in [-0.15, -0.1) is 11.8 Å². The standard InChI is InChI=1S/C12H23NO2S/c1-3-13-10-7-5-6-8-11(10)16-9-12(14)15-4-2/h10-11,13H,3-9H2,1-2H3. The number of thioether (sulfide) groups is 1. The van der Waals surface area contributed by atoms with Gasteiger partial charge in [-0.25, -0.2) is 0 Å². The van der Waals surface area contributed by atoms with E-state index in [2.05, 4.69) is 12.2 Å². The van der Waals surface area contributed by atoms with Crippen molar-refractivity contribution < 1.29 is 9.53 Å². The third-order valence-electron chi connectivity index (χ3n) is 2.89. The molecule has 0 aromatic rings. The van der Waals surface area contributed by atoms with Crippen molar-refractivity contribution >= 4 is 17.7 Å². The molecule has 2 unspecified atom stereocenters. The predicted octanol–water partition coefficient (Wildman–Crippen LogP) is 2.20. The first-order valence-corrected chi connectivity index (χ1v) is 7.33. The molecule has 0 heterocycles. The summed E-state index contributed by atoms with van der Waals surface area (Å²) in [5.74, 6) is 0.425. The van der Waals surface area contributed by atoms with Gasteiger partial charge in [0.25, 0.3) is 0 Å². The summed E-state index contributed by atoms with van der Waals surface area (Å²) in [6.45, 7) is 5.49.